The van der Waals surface area contributed by atoms with Gasteiger partial charge < -0.3 is 15.2 Å². The second-order valence-corrected chi connectivity index (χ2v) is 7.41. The summed E-state index contributed by atoms with van der Waals surface area (Å²) in [5, 5.41) is 0. The molecule has 0 saturated carbocycles. The van der Waals surface area contributed by atoms with Crippen LogP contribution in [0, 0.1) is 5.92 Å². The molecule has 1 aliphatic heterocycles. The summed E-state index contributed by atoms with van der Waals surface area (Å²) in [6, 6.07) is 7.19. The van der Waals surface area contributed by atoms with E-state index in [1.165, 1.54) is 11.6 Å². The lowest BCUT2D eigenvalue weighted by molar-refractivity contribution is -0.138. The summed E-state index contributed by atoms with van der Waals surface area (Å²) in [6.45, 7) is 3.31. The van der Waals surface area contributed by atoms with E-state index < -0.39 is 29.6 Å². The van der Waals surface area contributed by atoms with Crippen LogP contribution in [-0.4, -0.2) is 34.1 Å². The van der Waals surface area contributed by atoms with Crippen LogP contribution in [0.5, 0.6) is 5.75 Å². The number of ketones is 1. The molecule has 9 heteroatoms. The average Bonchev–Trinajstić information content (AvgIpc) is 2.73. The number of para-hydroxylation sites is 1. The third-order valence-corrected chi connectivity index (χ3v) is 4.64. The third kappa shape index (κ3) is 4.05. The van der Waals surface area contributed by atoms with Gasteiger partial charge in [0.1, 0.15) is 23.7 Å². The Bertz CT molecular complexity index is 1160. The summed E-state index contributed by atoms with van der Waals surface area (Å²) in [4.78, 5) is 49.8. The number of Topliss-reactive ketones (excluding diaryl/α,β-unsaturated/α-hetero) is 1. The van der Waals surface area contributed by atoms with Gasteiger partial charge >= 0.3 is 11.7 Å². The average molecular weight is 413 g/mol. The van der Waals surface area contributed by atoms with Crippen LogP contribution in [0.25, 0.3) is 6.08 Å². The number of nitrogens with two attached hydrogens (primary N) is 1. The van der Waals surface area contributed by atoms with Crippen LogP contribution in [0.15, 0.2) is 39.4 Å². The Hall–Kier alpha value is -3.62. The minimum Gasteiger partial charge on any atom is -0.488 e. The van der Waals surface area contributed by atoms with Gasteiger partial charge in [0, 0.05) is 19.2 Å². The molecule has 0 fully saturated rings. The summed E-state index contributed by atoms with van der Waals surface area (Å²) in [5.41, 5.74) is 5.12. The van der Waals surface area contributed by atoms with Gasteiger partial charge in [-0.25, -0.2) is 9.59 Å². The van der Waals surface area contributed by atoms with E-state index in [9.17, 15) is 19.2 Å². The Balaban J connectivity index is 1.81. The molecule has 2 heterocycles. The Morgan fingerprint density at radius 1 is 1.23 bits per heavy atom. The highest BCUT2D eigenvalue weighted by molar-refractivity contribution is 6.03. The summed E-state index contributed by atoms with van der Waals surface area (Å²) in [7, 11) is 1.27. The Morgan fingerprint density at radius 3 is 2.63 bits per heavy atom. The van der Waals surface area contributed by atoms with E-state index in [0.29, 0.717) is 5.75 Å². The first-order valence-corrected chi connectivity index (χ1v) is 9.42. The molecule has 3 rings (SSSR count). The van der Waals surface area contributed by atoms with Crippen molar-refractivity contribution in [2.24, 2.45) is 13.0 Å². The highest BCUT2D eigenvalue weighted by Gasteiger charge is 2.24. The van der Waals surface area contributed by atoms with Crippen molar-refractivity contribution in [1.29, 1.82) is 0 Å². The van der Waals surface area contributed by atoms with Gasteiger partial charge in [0.2, 0.25) is 5.78 Å². The molecule has 2 N–H and O–H groups in total. The second kappa shape index (κ2) is 8.40. The van der Waals surface area contributed by atoms with Gasteiger partial charge in [-0.2, -0.15) is 0 Å². The molecule has 0 bridgehead atoms. The lowest BCUT2D eigenvalue weighted by Gasteiger charge is -2.17. The zero-order chi connectivity index (χ0) is 22.0. The van der Waals surface area contributed by atoms with Crippen molar-refractivity contribution in [3.8, 4) is 5.75 Å². The van der Waals surface area contributed by atoms with E-state index >= 15 is 0 Å². The molecule has 1 aromatic carbocycles. The van der Waals surface area contributed by atoms with Crippen molar-refractivity contribution in [2.75, 3.05) is 18.9 Å². The topological polar surface area (TPSA) is 123 Å². The molecule has 2 aromatic rings. The number of benzene rings is 1. The van der Waals surface area contributed by atoms with Crippen molar-refractivity contribution < 1.29 is 19.1 Å². The molecule has 0 spiro atoms. The van der Waals surface area contributed by atoms with E-state index in [2.05, 4.69) is 0 Å². The summed E-state index contributed by atoms with van der Waals surface area (Å²) < 4.78 is 12.6. The van der Waals surface area contributed by atoms with Crippen LogP contribution in [0.4, 0.5) is 5.82 Å². The number of nitrogens with zero attached hydrogens (tertiary/aromatic N) is 2. The standard InChI is InChI=1S/C21H23N3O6/c1-12(2)9-24-18(22)17(19(26)23(3)21(24)28)15(25)11-30-20(27)14-8-13-6-4-5-7-16(13)29-10-14/h4-8,12H,9-11,22H2,1-3H3. The van der Waals surface area contributed by atoms with E-state index in [4.69, 9.17) is 15.2 Å². The molecular weight excluding hydrogens is 390 g/mol. The maximum Gasteiger partial charge on any atom is 0.337 e. The molecule has 1 aliphatic rings. The minimum atomic E-state index is -0.826. The Labute approximate surface area is 172 Å². The molecule has 1 aromatic heterocycles. The van der Waals surface area contributed by atoms with E-state index in [0.717, 1.165) is 10.1 Å². The highest BCUT2D eigenvalue weighted by Crippen LogP contribution is 2.26. The Morgan fingerprint density at radius 2 is 1.93 bits per heavy atom. The minimum absolute atomic E-state index is 0.00715. The number of hydrogen-bond donors (Lipinski definition) is 1. The number of esters is 1. The monoisotopic (exact) mass is 413 g/mol. The molecule has 0 unspecified atom stereocenters. The first-order valence-electron chi connectivity index (χ1n) is 9.42. The zero-order valence-corrected chi connectivity index (χ0v) is 17.0. The van der Waals surface area contributed by atoms with Crippen molar-refractivity contribution in [1.82, 2.24) is 9.13 Å². The quantitative estimate of drug-likeness (QED) is 0.553. The van der Waals surface area contributed by atoms with Gasteiger partial charge in [-0.3, -0.25) is 18.7 Å². The molecule has 0 atom stereocenters. The molecule has 158 valence electrons. The van der Waals surface area contributed by atoms with Gasteiger partial charge in [0.25, 0.3) is 5.56 Å². The van der Waals surface area contributed by atoms with Crippen molar-refractivity contribution >= 4 is 23.6 Å². The maximum absolute atomic E-state index is 12.6. The number of carbonyl (C=O) groups is 2. The number of ether oxygens (including phenoxy) is 2. The molecular formula is C21H23N3O6. The number of nitrogen functional groups attached to an aromatic ring is 1. The highest BCUT2D eigenvalue weighted by atomic mass is 16.5. The van der Waals surface area contributed by atoms with Crippen LogP contribution >= 0.6 is 0 Å². The molecule has 0 amide bonds. The van der Waals surface area contributed by atoms with Crippen LogP contribution in [0.2, 0.25) is 0 Å². The smallest absolute Gasteiger partial charge is 0.337 e. The lowest BCUT2D eigenvalue weighted by atomic mass is 10.1. The third-order valence-electron chi connectivity index (χ3n) is 4.64. The second-order valence-electron chi connectivity index (χ2n) is 7.41. The van der Waals surface area contributed by atoms with Gasteiger partial charge in [-0.1, -0.05) is 32.0 Å². The summed E-state index contributed by atoms with van der Waals surface area (Å²) in [5.74, 6) is -1.04. The van der Waals surface area contributed by atoms with Crippen molar-refractivity contribution in [3.63, 3.8) is 0 Å². The van der Waals surface area contributed by atoms with Crippen LogP contribution in [-0.2, 0) is 23.1 Å². The van der Waals surface area contributed by atoms with Gasteiger partial charge in [-0.05, 0) is 18.1 Å². The number of rotatable bonds is 6. The Kier molecular flexibility index (Phi) is 5.91. The van der Waals surface area contributed by atoms with E-state index in [-0.39, 0.29) is 36.0 Å². The first kappa shape index (κ1) is 21.1. The fourth-order valence-electron chi connectivity index (χ4n) is 3.12. The molecule has 0 saturated heterocycles. The number of carbonyl (C=O) groups excluding carboxylic acids is 2. The van der Waals surface area contributed by atoms with E-state index in [1.807, 2.05) is 19.9 Å². The zero-order valence-electron chi connectivity index (χ0n) is 17.0. The molecule has 9 nitrogen and oxygen atoms in total. The largest absolute Gasteiger partial charge is 0.488 e. The number of fused-ring (bicyclic) bond motifs is 1. The predicted molar refractivity (Wildman–Crippen MR) is 110 cm³/mol. The summed E-state index contributed by atoms with van der Waals surface area (Å²) in [6.07, 6.45) is 1.63. The first-order chi connectivity index (χ1) is 14.2. The maximum atomic E-state index is 12.6. The van der Waals surface area contributed by atoms with Crippen molar-refractivity contribution in [2.45, 2.75) is 20.4 Å². The molecule has 30 heavy (non-hydrogen) atoms. The van der Waals surface area contributed by atoms with Crippen LogP contribution < -0.4 is 21.7 Å². The van der Waals surface area contributed by atoms with Crippen molar-refractivity contribution in [3.05, 3.63) is 61.8 Å². The number of anilines is 1. The van der Waals surface area contributed by atoms with Crippen LogP contribution in [0.1, 0.15) is 29.8 Å². The summed E-state index contributed by atoms with van der Waals surface area (Å²) >= 11 is 0. The van der Waals surface area contributed by atoms with E-state index in [1.54, 1.807) is 24.3 Å². The molecule has 0 radical (unpaired) electrons. The normalized spacial score (nSPS) is 12.7. The number of aromatic nitrogens is 2. The fourth-order valence-corrected chi connectivity index (χ4v) is 3.12. The molecule has 0 aliphatic carbocycles. The SMILES string of the molecule is CC(C)Cn1c(N)c(C(=O)COC(=O)C2=Cc3ccccc3OC2)c(=O)n(C)c1=O. The fraction of sp³-hybridized carbons (Fsp3) is 0.333. The van der Waals surface area contributed by atoms with Gasteiger partial charge in [0.05, 0.1) is 5.57 Å². The van der Waals surface area contributed by atoms with Gasteiger partial charge in [-0.15, -0.1) is 0 Å². The van der Waals surface area contributed by atoms with Gasteiger partial charge in [0.15, 0.2) is 6.61 Å². The predicted octanol–water partition coefficient (Wildman–Crippen LogP) is 0.987. The van der Waals surface area contributed by atoms with Crippen LogP contribution in [0.3, 0.4) is 0 Å². The number of hydrogen-bond acceptors (Lipinski definition) is 7. The lowest BCUT2D eigenvalue weighted by Crippen LogP contribution is -2.43.